The van der Waals surface area contributed by atoms with Crippen LogP contribution in [0.3, 0.4) is 0 Å². The number of rotatable bonds is 7. The Morgan fingerprint density at radius 2 is 1.90 bits per heavy atom. The Hall–Kier alpha value is -4.21. The molecule has 0 saturated heterocycles. The number of amides is 1. The van der Waals surface area contributed by atoms with Crippen molar-refractivity contribution < 1.29 is 19.2 Å². The number of nitrogens with one attached hydrogen (secondary N) is 2. The lowest BCUT2D eigenvalue weighted by atomic mass is 10.1. The lowest BCUT2D eigenvalue weighted by molar-refractivity contribution is -0.384. The third-order valence-corrected chi connectivity index (χ3v) is 4.05. The summed E-state index contributed by atoms with van der Waals surface area (Å²) in [5, 5.41) is 21.5. The summed E-state index contributed by atoms with van der Waals surface area (Å²) in [6, 6.07) is 10.6. The van der Waals surface area contributed by atoms with Gasteiger partial charge in [-0.05, 0) is 30.3 Å². The summed E-state index contributed by atoms with van der Waals surface area (Å²) >= 11 is 0. The van der Waals surface area contributed by atoms with E-state index in [1.54, 1.807) is 32.5 Å². The molecule has 1 heterocycles. The zero-order valence-corrected chi connectivity index (χ0v) is 15.6. The van der Waals surface area contributed by atoms with Crippen LogP contribution in [0.1, 0.15) is 15.9 Å². The molecule has 0 saturated carbocycles. The number of hydrazone groups is 1. The first-order valence-corrected chi connectivity index (χ1v) is 8.37. The number of carbonyl (C=O) groups is 1. The molecule has 0 atom stereocenters. The second-order valence-corrected chi connectivity index (χ2v) is 5.77. The number of H-pyrrole nitrogens is 1. The zero-order valence-electron chi connectivity index (χ0n) is 15.6. The predicted molar refractivity (Wildman–Crippen MR) is 105 cm³/mol. The van der Waals surface area contributed by atoms with Crippen molar-refractivity contribution in [3.8, 4) is 22.8 Å². The van der Waals surface area contributed by atoms with Crippen LogP contribution in [0.4, 0.5) is 5.69 Å². The fraction of sp³-hybridized carbons (Fsp3) is 0.105. The van der Waals surface area contributed by atoms with Gasteiger partial charge in [-0.1, -0.05) is 0 Å². The summed E-state index contributed by atoms with van der Waals surface area (Å²) in [6.45, 7) is 0. The second-order valence-electron chi connectivity index (χ2n) is 5.77. The van der Waals surface area contributed by atoms with Crippen molar-refractivity contribution in [2.75, 3.05) is 14.2 Å². The Labute approximate surface area is 165 Å². The quantitative estimate of drug-likeness (QED) is 0.359. The number of nitro benzene ring substituents is 1. The highest BCUT2D eigenvalue weighted by Crippen LogP contribution is 2.32. The van der Waals surface area contributed by atoms with E-state index in [9.17, 15) is 14.9 Å². The number of hydrogen-bond acceptors (Lipinski definition) is 7. The normalized spacial score (nSPS) is 10.7. The number of aromatic nitrogens is 2. The molecular weight excluding hydrogens is 378 g/mol. The van der Waals surface area contributed by atoms with E-state index in [4.69, 9.17) is 9.47 Å². The number of carbonyl (C=O) groups excluding carboxylic acids is 1. The Morgan fingerprint density at radius 1 is 1.17 bits per heavy atom. The van der Waals surface area contributed by atoms with Crippen molar-refractivity contribution in [3.05, 3.63) is 69.9 Å². The van der Waals surface area contributed by atoms with Crippen LogP contribution < -0.4 is 14.9 Å². The fourth-order valence-electron chi connectivity index (χ4n) is 2.58. The van der Waals surface area contributed by atoms with Gasteiger partial charge in [0.15, 0.2) is 11.5 Å². The summed E-state index contributed by atoms with van der Waals surface area (Å²) < 4.78 is 10.5. The van der Waals surface area contributed by atoms with Crippen molar-refractivity contribution in [2.24, 2.45) is 5.10 Å². The molecule has 0 fully saturated rings. The van der Waals surface area contributed by atoms with Gasteiger partial charge in [-0.25, -0.2) is 5.43 Å². The molecular formula is C19H17N5O5. The molecule has 2 N–H and O–H groups in total. The SMILES string of the molecule is COc1ccc(-c2[nH]ncc2/C=N/NC(=O)c2ccc([N+](=O)[O-])cc2)cc1OC. The minimum Gasteiger partial charge on any atom is -0.493 e. The highest BCUT2D eigenvalue weighted by atomic mass is 16.6. The van der Waals surface area contributed by atoms with Gasteiger partial charge in [0, 0.05) is 28.8 Å². The molecule has 3 aromatic rings. The Balaban J connectivity index is 1.73. The number of benzene rings is 2. The highest BCUT2D eigenvalue weighted by Gasteiger charge is 2.11. The van der Waals surface area contributed by atoms with Crippen molar-refractivity contribution in [1.82, 2.24) is 15.6 Å². The molecule has 0 bridgehead atoms. The van der Waals surface area contributed by atoms with Gasteiger partial charge in [0.1, 0.15) is 0 Å². The molecule has 148 valence electrons. The smallest absolute Gasteiger partial charge is 0.271 e. The maximum atomic E-state index is 12.1. The van der Waals surface area contributed by atoms with Crippen LogP contribution in [-0.2, 0) is 0 Å². The van der Waals surface area contributed by atoms with Crippen LogP contribution in [0.2, 0.25) is 0 Å². The maximum absolute atomic E-state index is 12.1. The molecule has 0 unspecified atom stereocenters. The van der Waals surface area contributed by atoms with Crippen molar-refractivity contribution in [2.45, 2.75) is 0 Å². The molecule has 0 aliphatic carbocycles. The zero-order chi connectivity index (χ0) is 20.8. The molecule has 3 rings (SSSR count). The van der Waals surface area contributed by atoms with Crippen molar-refractivity contribution in [3.63, 3.8) is 0 Å². The average Bonchev–Trinajstić information content (AvgIpc) is 3.21. The van der Waals surface area contributed by atoms with Crippen LogP contribution in [0, 0.1) is 10.1 Å². The molecule has 2 aromatic carbocycles. The number of methoxy groups -OCH3 is 2. The molecule has 29 heavy (non-hydrogen) atoms. The lowest BCUT2D eigenvalue weighted by Crippen LogP contribution is -2.17. The molecule has 0 spiro atoms. The first kappa shape index (κ1) is 19.5. The van der Waals surface area contributed by atoms with E-state index in [1.807, 2.05) is 6.07 Å². The first-order chi connectivity index (χ1) is 14.0. The van der Waals surface area contributed by atoms with Crippen LogP contribution in [0.15, 0.2) is 53.8 Å². The second kappa shape index (κ2) is 8.65. The third-order valence-electron chi connectivity index (χ3n) is 4.05. The van der Waals surface area contributed by atoms with Crippen molar-refractivity contribution >= 4 is 17.8 Å². The van der Waals surface area contributed by atoms with Crippen LogP contribution >= 0.6 is 0 Å². The van der Waals surface area contributed by atoms with Gasteiger partial charge in [-0.2, -0.15) is 10.2 Å². The molecule has 1 amide bonds. The minimum atomic E-state index is -0.533. The average molecular weight is 395 g/mol. The fourth-order valence-corrected chi connectivity index (χ4v) is 2.58. The number of nitro groups is 1. The summed E-state index contributed by atoms with van der Waals surface area (Å²) in [6.07, 6.45) is 3.01. The van der Waals surface area contributed by atoms with Crippen LogP contribution in [0.5, 0.6) is 11.5 Å². The summed E-state index contributed by atoms with van der Waals surface area (Å²) in [5.41, 5.74) is 4.65. The number of non-ortho nitro benzene ring substituents is 1. The third kappa shape index (κ3) is 4.38. The van der Waals surface area contributed by atoms with Crippen molar-refractivity contribution in [1.29, 1.82) is 0 Å². The van der Waals surface area contributed by atoms with Gasteiger partial charge in [-0.15, -0.1) is 0 Å². The Morgan fingerprint density at radius 3 is 2.55 bits per heavy atom. The summed E-state index contributed by atoms with van der Waals surface area (Å²) in [4.78, 5) is 22.2. The van der Waals surface area contributed by atoms with Gasteiger partial charge in [-0.3, -0.25) is 20.0 Å². The van der Waals surface area contributed by atoms with E-state index >= 15 is 0 Å². The van der Waals surface area contributed by atoms with E-state index < -0.39 is 10.8 Å². The van der Waals surface area contributed by atoms with E-state index in [0.29, 0.717) is 22.8 Å². The number of aromatic amines is 1. The molecule has 0 radical (unpaired) electrons. The van der Waals surface area contributed by atoms with Gasteiger partial charge in [0.05, 0.1) is 37.2 Å². The Bertz CT molecular complexity index is 1060. The number of ether oxygens (including phenoxy) is 2. The maximum Gasteiger partial charge on any atom is 0.271 e. The van der Waals surface area contributed by atoms with Gasteiger partial charge in [0.2, 0.25) is 0 Å². The van der Waals surface area contributed by atoms with Gasteiger partial charge in [0.25, 0.3) is 11.6 Å². The lowest BCUT2D eigenvalue weighted by Gasteiger charge is -2.09. The number of hydrogen-bond donors (Lipinski definition) is 2. The largest absolute Gasteiger partial charge is 0.493 e. The topological polar surface area (TPSA) is 132 Å². The monoisotopic (exact) mass is 395 g/mol. The molecule has 10 heteroatoms. The van der Waals surface area contributed by atoms with Crippen LogP contribution in [-0.4, -0.2) is 41.5 Å². The van der Waals surface area contributed by atoms with E-state index in [-0.39, 0.29) is 11.3 Å². The molecule has 10 nitrogen and oxygen atoms in total. The minimum absolute atomic E-state index is 0.0944. The molecule has 1 aromatic heterocycles. The molecule has 0 aliphatic rings. The Kier molecular flexibility index (Phi) is 5.83. The summed E-state index contributed by atoms with van der Waals surface area (Å²) in [5.74, 6) is 0.669. The highest BCUT2D eigenvalue weighted by molar-refractivity contribution is 5.95. The molecule has 0 aliphatic heterocycles. The van der Waals surface area contributed by atoms with E-state index in [0.717, 1.165) is 5.56 Å². The predicted octanol–water partition coefficient (Wildman–Crippen LogP) is 2.77. The standard InChI is InChI=1S/C19H17N5O5/c1-28-16-8-5-13(9-17(16)29-2)18-14(10-20-22-18)11-21-23-19(25)12-3-6-15(7-4-12)24(26)27/h3-11H,1-2H3,(H,20,22)(H,23,25)/b21-11+. The van der Waals surface area contributed by atoms with E-state index in [1.165, 1.54) is 30.5 Å². The summed E-state index contributed by atoms with van der Waals surface area (Å²) in [7, 11) is 3.10. The van der Waals surface area contributed by atoms with Crippen LogP contribution in [0.25, 0.3) is 11.3 Å². The number of nitrogens with zero attached hydrogens (tertiary/aromatic N) is 3. The van der Waals surface area contributed by atoms with Gasteiger partial charge >= 0.3 is 0 Å². The first-order valence-electron chi connectivity index (χ1n) is 8.37. The van der Waals surface area contributed by atoms with Gasteiger partial charge < -0.3 is 9.47 Å². The van der Waals surface area contributed by atoms with E-state index in [2.05, 4.69) is 20.7 Å².